The molecule has 0 aromatic heterocycles. The molecule has 0 aliphatic rings. The van der Waals surface area contributed by atoms with E-state index < -0.39 is 16.1 Å². The minimum atomic E-state index is -3.20. The molecule has 0 fully saturated rings. The average molecular weight is 397 g/mol. The maximum atomic E-state index is 12.0. The van der Waals surface area contributed by atoms with Gasteiger partial charge in [-0.2, -0.15) is 0 Å². The van der Waals surface area contributed by atoms with E-state index in [0.29, 0.717) is 30.3 Å². The SMILES string of the molecule is CCS(=O)(=O)N(C)CCCNC(=O)C(C)Oc1cccc(Cl)c1Cl. The van der Waals surface area contributed by atoms with E-state index in [4.69, 9.17) is 27.9 Å². The van der Waals surface area contributed by atoms with Crippen molar-refractivity contribution in [3.63, 3.8) is 0 Å². The van der Waals surface area contributed by atoms with Crippen LogP contribution in [0.15, 0.2) is 18.2 Å². The first-order valence-corrected chi connectivity index (χ1v) is 9.88. The molecule has 1 amide bonds. The zero-order chi connectivity index (χ0) is 18.3. The van der Waals surface area contributed by atoms with Crippen molar-refractivity contribution in [2.75, 3.05) is 25.9 Å². The molecule has 1 aromatic carbocycles. The van der Waals surface area contributed by atoms with Crippen LogP contribution in [0.3, 0.4) is 0 Å². The lowest BCUT2D eigenvalue weighted by atomic mass is 10.3. The van der Waals surface area contributed by atoms with E-state index in [9.17, 15) is 13.2 Å². The van der Waals surface area contributed by atoms with Crippen molar-refractivity contribution in [3.8, 4) is 5.75 Å². The van der Waals surface area contributed by atoms with Crippen LogP contribution in [0.2, 0.25) is 10.0 Å². The summed E-state index contributed by atoms with van der Waals surface area (Å²) in [6.45, 7) is 3.87. The predicted molar refractivity (Wildman–Crippen MR) is 96.3 cm³/mol. The van der Waals surface area contributed by atoms with E-state index in [0.717, 1.165) is 0 Å². The Hall–Kier alpha value is -1.02. The summed E-state index contributed by atoms with van der Waals surface area (Å²) in [6.07, 6.45) is -0.246. The molecule has 0 radical (unpaired) electrons. The molecular formula is C15H22Cl2N2O4S. The van der Waals surface area contributed by atoms with Gasteiger partial charge in [-0.3, -0.25) is 4.79 Å². The molecule has 1 rings (SSSR count). The number of hydrogen-bond donors (Lipinski definition) is 1. The first kappa shape index (κ1) is 21.0. The second kappa shape index (κ2) is 9.46. The molecule has 0 saturated heterocycles. The second-order valence-corrected chi connectivity index (χ2v) is 8.33. The monoisotopic (exact) mass is 396 g/mol. The molecule has 9 heteroatoms. The lowest BCUT2D eigenvalue weighted by Gasteiger charge is -2.18. The largest absolute Gasteiger partial charge is 0.479 e. The predicted octanol–water partition coefficient (Wildman–Crippen LogP) is 2.55. The highest BCUT2D eigenvalue weighted by Gasteiger charge is 2.17. The Labute approximate surface area is 153 Å². The third-order valence-corrected chi connectivity index (χ3v) is 6.04. The highest BCUT2D eigenvalue weighted by atomic mass is 35.5. The molecule has 0 aliphatic carbocycles. The van der Waals surface area contributed by atoms with Crippen LogP contribution in [0.1, 0.15) is 20.3 Å². The summed E-state index contributed by atoms with van der Waals surface area (Å²) < 4.78 is 30.0. The van der Waals surface area contributed by atoms with Gasteiger partial charge in [0, 0.05) is 20.1 Å². The van der Waals surface area contributed by atoms with Crippen LogP contribution in [0.25, 0.3) is 0 Å². The Morgan fingerprint density at radius 1 is 1.38 bits per heavy atom. The number of halogens is 2. The van der Waals surface area contributed by atoms with Gasteiger partial charge in [0.05, 0.1) is 10.8 Å². The normalized spacial score (nSPS) is 12.9. The molecule has 0 heterocycles. The molecule has 0 aliphatic heterocycles. The average Bonchev–Trinajstić information content (AvgIpc) is 2.55. The number of carbonyl (C=O) groups excluding carboxylic acids is 1. The van der Waals surface area contributed by atoms with E-state index >= 15 is 0 Å². The lowest BCUT2D eigenvalue weighted by Crippen LogP contribution is -2.38. The van der Waals surface area contributed by atoms with Gasteiger partial charge in [0.1, 0.15) is 10.8 Å². The maximum Gasteiger partial charge on any atom is 0.260 e. The zero-order valence-corrected chi connectivity index (χ0v) is 16.2. The Morgan fingerprint density at radius 2 is 2.04 bits per heavy atom. The Balaban J connectivity index is 2.41. The molecule has 24 heavy (non-hydrogen) atoms. The Kier molecular flexibility index (Phi) is 8.29. The smallest absolute Gasteiger partial charge is 0.260 e. The minimum Gasteiger partial charge on any atom is -0.479 e. The van der Waals surface area contributed by atoms with Gasteiger partial charge in [-0.25, -0.2) is 12.7 Å². The van der Waals surface area contributed by atoms with Crippen LogP contribution < -0.4 is 10.1 Å². The zero-order valence-electron chi connectivity index (χ0n) is 13.9. The van der Waals surface area contributed by atoms with E-state index in [-0.39, 0.29) is 16.7 Å². The fourth-order valence-electron chi connectivity index (χ4n) is 1.84. The molecule has 0 bridgehead atoms. The van der Waals surface area contributed by atoms with Crippen molar-refractivity contribution >= 4 is 39.1 Å². The number of benzene rings is 1. The molecule has 1 N–H and O–H groups in total. The molecule has 1 unspecified atom stereocenters. The summed E-state index contributed by atoms with van der Waals surface area (Å²) in [6, 6.07) is 4.93. The topological polar surface area (TPSA) is 75.7 Å². The van der Waals surface area contributed by atoms with Gasteiger partial charge >= 0.3 is 0 Å². The van der Waals surface area contributed by atoms with Crippen molar-refractivity contribution in [2.24, 2.45) is 0 Å². The van der Waals surface area contributed by atoms with Crippen LogP contribution in [-0.4, -0.2) is 50.6 Å². The number of nitrogens with zero attached hydrogens (tertiary/aromatic N) is 1. The van der Waals surface area contributed by atoms with Crippen LogP contribution >= 0.6 is 23.2 Å². The Morgan fingerprint density at radius 3 is 2.67 bits per heavy atom. The number of amides is 1. The number of carbonyl (C=O) groups is 1. The third kappa shape index (κ3) is 6.12. The van der Waals surface area contributed by atoms with Crippen molar-refractivity contribution in [2.45, 2.75) is 26.4 Å². The van der Waals surface area contributed by atoms with Crippen molar-refractivity contribution < 1.29 is 17.9 Å². The van der Waals surface area contributed by atoms with Crippen molar-refractivity contribution in [1.82, 2.24) is 9.62 Å². The molecular weight excluding hydrogens is 375 g/mol. The first-order chi connectivity index (χ1) is 11.2. The molecule has 0 saturated carbocycles. The summed E-state index contributed by atoms with van der Waals surface area (Å²) in [4.78, 5) is 12.0. The fourth-order valence-corrected chi connectivity index (χ4v) is 3.02. The van der Waals surface area contributed by atoms with Crippen molar-refractivity contribution in [3.05, 3.63) is 28.2 Å². The molecule has 1 aromatic rings. The van der Waals surface area contributed by atoms with E-state index in [1.807, 2.05) is 0 Å². The standard InChI is InChI=1S/C15H22Cl2N2O4S/c1-4-24(21,22)19(3)10-6-9-18-15(20)11(2)23-13-8-5-7-12(16)14(13)17/h5,7-8,11H,4,6,9-10H2,1-3H3,(H,18,20). The summed E-state index contributed by atoms with van der Waals surface area (Å²) in [5.74, 6) is 0.0776. The Bertz CT molecular complexity index is 667. The van der Waals surface area contributed by atoms with Gasteiger partial charge in [-0.15, -0.1) is 0 Å². The number of rotatable bonds is 9. The van der Waals surface area contributed by atoms with Gasteiger partial charge < -0.3 is 10.1 Å². The van der Waals surface area contributed by atoms with Crippen LogP contribution in [0.5, 0.6) is 5.75 Å². The number of ether oxygens (including phenoxy) is 1. The molecule has 136 valence electrons. The number of nitrogens with one attached hydrogen (secondary N) is 1. The second-order valence-electron chi connectivity index (χ2n) is 5.18. The summed E-state index contributed by atoms with van der Waals surface area (Å²) in [5.41, 5.74) is 0. The van der Waals surface area contributed by atoms with Crippen LogP contribution in [0, 0.1) is 0 Å². The summed E-state index contributed by atoms with van der Waals surface area (Å²) >= 11 is 11.9. The van der Waals surface area contributed by atoms with Gasteiger partial charge in [0.2, 0.25) is 10.0 Å². The van der Waals surface area contributed by atoms with Gasteiger partial charge in [-0.05, 0) is 32.4 Å². The number of sulfonamides is 1. The van der Waals surface area contributed by atoms with Crippen LogP contribution in [0.4, 0.5) is 0 Å². The molecule has 6 nitrogen and oxygen atoms in total. The number of hydrogen-bond acceptors (Lipinski definition) is 4. The quantitative estimate of drug-likeness (QED) is 0.650. The maximum absolute atomic E-state index is 12.0. The minimum absolute atomic E-state index is 0.0567. The highest BCUT2D eigenvalue weighted by Crippen LogP contribution is 2.32. The van der Waals surface area contributed by atoms with Gasteiger partial charge in [0.25, 0.3) is 5.91 Å². The van der Waals surface area contributed by atoms with Gasteiger partial charge in [0.15, 0.2) is 6.10 Å². The lowest BCUT2D eigenvalue weighted by molar-refractivity contribution is -0.127. The van der Waals surface area contributed by atoms with Gasteiger partial charge in [-0.1, -0.05) is 29.3 Å². The third-order valence-electron chi connectivity index (χ3n) is 3.38. The van der Waals surface area contributed by atoms with E-state index in [2.05, 4.69) is 5.32 Å². The molecule has 1 atom stereocenters. The van der Waals surface area contributed by atoms with E-state index in [1.54, 1.807) is 32.0 Å². The molecule has 0 spiro atoms. The first-order valence-electron chi connectivity index (χ1n) is 7.51. The van der Waals surface area contributed by atoms with E-state index in [1.165, 1.54) is 11.4 Å². The van der Waals surface area contributed by atoms with Crippen LogP contribution in [-0.2, 0) is 14.8 Å². The summed E-state index contributed by atoms with van der Waals surface area (Å²) in [5, 5.41) is 3.30. The highest BCUT2D eigenvalue weighted by molar-refractivity contribution is 7.89. The van der Waals surface area contributed by atoms with Crippen molar-refractivity contribution in [1.29, 1.82) is 0 Å². The summed E-state index contributed by atoms with van der Waals surface area (Å²) in [7, 11) is -1.67. The fraction of sp³-hybridized carbons (Fsp3) is 0.533.